The first-order valence-electron chi connectivity index (χ1n) is 3.99. The van der Waals surface area contributed by atoms with E-state index in [-0.39, 0.29) is 12.1 Å². The second-order valence-corrected chi connectivity index (χ2v) is 2.63. The number of hydrogen-bond donors (Lipinski definition) is 1. The summed E-state index contributed by atoms with van der Waals surface area (Å²) in [6.45, 7) is 2.50. The summed E-state index contributed by atoms with van der Waals surface area (Å²) in [7, 11) is 0. The van der Waals surface area contributed by atoms with Crippen LogP contribution in [0.2, 0.25) is 0 Å². The lowest BCUT2D eigenvalue weighted by Crippen LogP contribution is -2.14. The molecule has 0 saturated heterocycles. The Labute approximate surface area is 74.6 Å². The molecule has 1 aromatic carbocycles. The van der Waals surface area contributed by atoms with Crippen molar-refractivity contribution in [2.75, 3.05) is 6.54 Å². The third kappa shape index (κ3) is 2.45. The van der Waals surface area contributed by atoms with Crippen LogP contribution in [0, 0.1) is 17.5 Å². The van der Waals surface area contributed by atoms with Gasteiger partial charge in [0, 0.05) is 24.2 Å². The molecule has 13 heavy (non-hydrogen) atoms. The van der Waals surface area contributed by atoms with E-state index in [0.29, 0.717) is 18.7 Å². The summed E-state index contributed by atoms with van der Waals surface area (Å²) in [5, 5.41) is 2.76. The van der Waals surface area contributed by atoms with Gasteiger partial charge in [-0.15, -0.1) is 0 Å². The summed E-state index contributed by atoms with van der Waals surface area (Å²) < 4.78 is 38.3. The molecule has 0 aliphatic carbocycles. The maximum Gasteiger partial charge on any atom is 0.133 e. The molecule has 0 spiro atoms. The van der Waals surface area contributed by atoms with Crippen LogP contribution in [0.25, 0.3) is 0 Å². The lowest BCUT2D eigenvalue weighted by Gasteiger charge is -2.05. The number of benzene rings is 1. The van der Waals surface area contributed by atoms with Gasteiger partial charge in [0.15, 0.2) is 0 Å². The fourth-order valence-corrected chi connectivity index (χ4v) is 0.991. The average molecular weight is 189 g/mol. The van der Waals surface area contributed by atoms with E-state index in [2.05, 4.69) is 5.32 Å². The summed E-state index contributed by atoms with van der Waals surface area (Å²) in [4.78, 5) is 0. The molecule has 0 amide bonds. The fourth-order valence-electron chi connectivity index (χ4n) is 0.991. The molecule has 0 bridgehead atoms. The van der Waals surface area contributed by atoms with Crippen LogP contribution >= 0.6 is 0 Å². The van der Waals surface area contributed by atoms with Gasteiger partial charge in [-0.1, -0.05) is 6.92 Å². The van der Waals surface area contributed by atoms with Crippen LogP contribution < -0.4 is 5.32 Å². The zero-order valence-corrected chi connectivity index (χ0v) is 7.20. The summed E-state index contributed by atoms with van der Waals surface area (Å²) >= 11 is 0. The molecule has 0 aliphatic rings. The minimum absolute atomic E-state index is 0.0778. The van der Waals surface area contributed by atoms with Gasteiger partial charge in [0.05, 0.1) is 0 Å². The second kappa shape index (κ2) is 4.28. The Morgan fingerprint density at radius 2 is 1.69 bits per heavy atom. The van der Waals surface area contributed by atoms with Gasteiger partial charge in [-0.3, -0.25) is 0 Å². The standard InChI is InChI=1S/C9H10F3N/c1-2-13-5-7-8(11)3-6(10)4-9(7)12/h3-4,13H,2,5H2,1H3. The van der Waals surface area contributed by atoms with Crippen molar-refractivity contribution in [2.45, 2.75) is 13.5 Å². The van der Waals surface area contributed by atoms with Gasteiger partial charge in [-0.05, 0) is 6.54 Å². The Hall–Kier alpha value is -1.03. The lowest BCUT2D eigenvalue weighted by atomic mass is 10.2. The first-order valence-corrected chi connectivity index (χ1v) is 3.99. The minimum Gasteiger partial charge on any atom is -0.313 e. The minimum atomic E-state index is -0.893. The number of halogens is 3. The van der Waals surface area contributed by atoms with E-state index >= 15 is 0 Å². The third-order valence-corrected chi connectivity index (χ3v) is 1.66. The molecular formula is C9H10F3N. The van der Waals surface area contributed by atoms with E-state index in [1.165, 1.54) is 0 Å². The van der Waals surface area contributed by atoms with Crippen LogP contribution in [0.15, 0.2) is 12.1 Å². The van der Waals surface area contributed by atoms with E-state index in [9.17, 15) is 13.2 Å². The average Bonchev–Trinajstić information content (AvgIpc) is 2.02. The van der Waals surface area contributed by atoms with Crippen LogP contribution in [0.5, 0.6) is 0 Å². The number of rotatable bonds is 3. The monoisotopic (exact) mass is 189 g/mol. The maximum atomic E-state index is 12.9. The zero-order valence-electron chi connectivity index (χ0n) is 7.20. The van der Waals surface area contributed by atoms with Gasteiger partial charge < -0.3 is 5.32 Å². The molecular weight excluding hydrogens is 179 g/mol. The molecule has 0 heterocycles. The fraction of sp³-hybridized carbons (Fsp3) is 0.333. The van der Waals surface area contributed by atoms with Crippen molar-refractivity contribution in [3.8, 4) is 0 Å². The predicted molar refractivity (Wildman–Crippen MR) is 43.7 cm³/mol. The maximum absolute atomic E-state index is 12.9. The van der Waals surface area contributed by atoms with Crippen LogP contribution in [-0.2, 0) is 6.54 Å². The van der Waals surface area contributed by atoms with Crippen molar-refractivity contribution >= 4 is 0 Å². The molecule has 0 atom stereocenters. The molecule has 1 N–H and O–H groups in total. The summed E-state index contributed by atoms with van der Waals surface area (Å²) in [5.41, 5.74) is -0.122. The quantitative estimate of drug-likeness (QED) is 0.768. The highest BCUT2D eigenvalue weighted by Crippen LogP contribution is 2.14. The van der Waals surface area contributed by atoms with E-state index in [4.69, 9.17) is 0 Å². The summed E-state index contributed by atoms with van der Waals surface area (Å²) in [6, 6.07) is 1.35. The van der Waals surface area contributed by atoms with Crippen molar-refractivity contribution in [1.82, 2.24) is 5.32 Å². The highest BCUT2D eigenvalue weighted by molar-refractivity contribution is 5.20. The van der Waals surface area contributed by atoms with Crippen molar-refractivity contribution in [2.24, 2.45) is 0 Å². The molecule has 0 fully saturated rings. The molecule has 4 heteroatoms. The second-order valence-electron chi connectivity index (χ2n) is 2.63. The van der Waals surface area contributed by atoms with Crippen molar-refractivity contribution in [1.29, 1.82) is 0 Å². The Kier molecular flexibility index (Phi) is 3.31. The molecule has 0 saturated carbocycles. The lowest BCUT2D eigenvalue weighted by molar-refractivity contribution is 0.513. The van der Waals surface area contributed by atoms with Crippen molar-refractivity contribution < 1.29 is 13.2 Å². The predicted octanol–water partition coefficient (Wildman–Crippen LogP) is 2.21. The van der Waals surface area contributed by atoms with Crippen molar-refractivity contribution in [3.05, 3.63) is 35.1 Å². The van der Waals surface area contributed by atoms with Crippen LogP contribution in [0.1, 0.15) is 12.5 Å². The first kappa shape index (κ1) is 10.1. The molecule has 72 valence electrons. The number of nitrogens with one attached hydrogen (secondary N) is 1. The van der Waals surface area contributed by atoms with Crippen molar-refractivity contribution in [3.63, 3.8) is 0 Å². The normalized spacial score (nSPS) is 10.5. The highest BCUT2D eigenvalue weighted by atomic mass is 19.1. The van der Waals surface area contributed by atoms with Gasteiger partial charge >= 0.3 is 0 Å². The molecule has 1 rings (SSSR count). The SMILES string of the molecule is CCNCc1c(F)cc(F)cc1F. The summed E-state index contributed by atoms with van der Waals surface area (Å²) in [6.07, 6.45) is 0. The van der Waals surface area contributed by atoms with E-state index < -0.39 is 17.5 Å². The van der Waals surface area contributed by atoms with E-state index in [0.717, 1.165) is 0 Å². The van der Waals surface area contributed by atoms with Crippen LogP contribution in [0.3, 0.4) is 0 Å². The smallest absolute Gasteiger partial charge is 0.133 e. The molecule has 1 aromatic rings. The molecule has 0 aliphatic heterocycles. The molecule has 0 aromatic heterocycles. The third-order valence-electron chi connectivity index (χ3n) is 1.66. The van der Waals surface area contributed by atoms with E-state index in [1.807, 2.05) is 6.92 Å². The van der Waals surface area contributed by atoms with Gasteiger partial charge in [-0.2, -0.15) is 0 Å². The zero-order chi connectivity index (χ0) is 9.84. The van der Waals surface area contributed by atoms with E-state index in [1.54, 1.807) is 0 Å². The van der Waals surface area contributed by atoms with Gasteiger partial charge in [-0.25, -0.2) is 13.2 Å². The Morgan fingerprint density at radius 3 is 2.15 bits per heavy atom. The topological polar surface area (TPSA) is 12.0 Å². The van der Waals surface area contributed by atoms with Gasteiger partial charge in [0.25, 0.3) is 0 Å². The van der Waals surface area contributed by atoms with Gasteiger partial charge in [0.2, 0.25) is 0 Å². The molecule has 1 nitrogen and oxygen atoms in total. The number of hydrogen-bond acceptors (Lipinski definition) is 1. The largest absolute Gasteiger partial charge is 0.313 e. The first-order chi connectivity index (χ1) is 6.15. The summed E-state index contributed by atoms with van der Waals surface area (Å²) in [5.74, 6) is -2.59. The Morgan fingerprint density at radius 1 is 1.15 bits per heavy atom. The van der Waals surface area contributed by atoms with Gasteiger partial charge in [0.1, 0.15) is 17.5 Å². The Balaban J connectivity index is 2.92. The van der Waals surface area contributed by atoms with Crippen LogP contribution in [0.4, 0.5) is 13.2 Å². The van der Waals surface area contributed by atoms with Crippen LogP contribution in [-0.4, -0.2) is 6.54 Å². The Bertz CT molecular complexity index is 276. The highest BCUT2D eigenvalue weighted by Gasteiger charge is 2.09. The molecule has 0 radical (unpaired) electrons. The molecule has 0 unspecified atom stereocenters.